The number of thiophene rings is 1. The maximum absolute atomic E-state index is 11.8. The van der Waals surface area contributed by atoms with E-state index in [4.69, 9.17) is 4.74 Å². The van der Waals surface area contributed by atoms with Crippen LogP contribution in [-0.2, 0) is 4.74 Å². The molecule has 1 saturated heterocycles. The Morgan fingerprint density at radius 2 is 2.56 bits per heavy atom. The van der Waals surface area contributed by atoms with Crippen LogP contribution in [0.25, 0.3) is 0 Å². The molecule has 1 aliphatic rings. The lowest BCUT2D eigenvalue weighted by Gasteiger charge is -2.14. The van der Waals surface area contributed by atoms with Crippen LogP contribution in [0.5, 0.6) is 0 Å². The second-order valence-electron chi connectivity index (χ2n) is 3.97. The Balaban J connectivity index is 1.84. The molecule has 3 nitrogen and oxygen atoms in total. The van der Waals surface area contributed by atoms with Gasteiger partial charge in [0, 0.05) is 24.4 Å². The second-order valence-corrected chi connectivity index (χ2v) is 6.26. The van der Waals surface area contributed by atoms with E-state index in [1.165, 1.54) is 11.3 Å². The second kappa shape index (κ2) is 5.29. The summed E-state index contributed by atoms with van der Waals surface area (Å²) in [4.78, 5) is 11.8. The summed E-state index contributed by atoms with van der Waals surface area (Å²) < 4.78 is 6.43. The fraction of sp³-hybridized carbons (Fsp3) is 0.545. The van der Waals surface area contributed by atoms with Gasteiger partial charge in [-0.05, 0) is 35.3 Å². The number of rotatable bonds is 3. The Hall–Kier alpha value is -0.390. The number of ether oxygens (including phenoxy) is 1. The number of amides is 1. The van der Waals surface area contributed by atoms with E-state index in [1.54, 1.807) is 0 Å². The van der Waals surface area contributed by atoms with Gasteiger partial charge in [0.2, 0.25) is 0 Å². The van der Waals surface area contributed by atoms with Crippen LogP contribution in [0.4, 0.5) is 0 Å². The van der Waals surface area contributed by atoms with Crippen LogP contribution in [-0.4, -0.2) is 25.2 Å². The van der Waals surface area contributed by atoms with Crippen molar-refractivity contribution in [3.8, 4) is 0 Å². The minimum Gasteiger partial charge on any atom is -0.378 e. The molecule has 2 heterocycles. The normalized spacial score (nSPS) is 24.6. The van der Waals surface area contributed by atoms with E-state index < -0.39 is 0 Å². The molecule has 1 amide bonds. The highest BCUT2D eigenvalue weighted by Gasteiger charge is 2.24. The van der Waals surface area contributed by atoms with Crippen LogP contribution in [0.3, 0.4) is 0 Å². The van der Waals surface area contributed by atoms with Crippen LogP contribution in [0.1, 0.15) is 23.7 Å². The van der Waals surface area contributed by atoms with Gasteiger partial charge in [-0.1, -0.05) is 0 Å². The van der Waals surface area contributed by atoms with Crippen molar-refractivity contribution in [1.29, 1.82) is 0 Å². The van der Waals surface area contributed by atoms with Crippen molar-refractivity contribution in [1.82, 2.24) is 5.32 Å². The van der Waals surface area contributed by atoms with E-state index in [9.17, 15) is 4.79 Å². The summed E-state index contributed by atoms with van der Waals surface area (Å²) >= 11 is 4.87. The molecule has 2 rings (SSSR count). The van der Waals surface area contributed by atoms with Gasteiger partial charge < -0.3 is 10.1 Å². The summed E-state index contributed by atoms with van der Waals surface area (Å²) in [7, 11) is 0. The molecule has 0 bridgehead atoms. The molecule has 1 aliphatic heterocycles. The minimum absolute atomic E-state index is 0.000972. The zero-order chi connectivity index (χ0) is 11.5. The predicted octanol–water partition coefficient (Wildman–Crippen LogP) is 2.67. The van der Waals surface area contributed by atoms with Crippen molar-refractivity contribution in [3.63, 3.8) is 0 Å². The molecule has 2 atom stereocenters. The molecule has 0 aliphatic carbocycles. The van der Waals surface area contributed by atoms with Crippen molar-refractivity contribution in [2.75, 3.05) is 13.2 Å². The molecule has 0 aromatic carbocycles. The summed E-state index contributed by atoms with van der Waals surface area (Å²) in [5.74, 6) is 0.451. The highest BCUT2D eigenvalue weighted by Crippen LogP contribution is 2.22. The number of carbonyl (C=O) groups is 1. The standard InChI is InChI=1S/C11H14BrNO2S/c1-7-8(2-3-15-7)5-13-11(14)9-4-10(12)16-6-9/h4,6-8H,2-3,5H2,1H3,(H,13,14). The molecule has 1 aromatic rings. The maximum Gasteiger partial charge on any atom is 0.252 e. The highest BCUT2D eigenvalue weighted by molar-refractivity contribution is 9.11. The molecule has 5 heteroatoms. The third-order valence-corrected chi connectivity index (χ3v) is 4.39. The molecular formula is C11H14BrNO2S. The summed E-state index contributed by atoms with van der Waals surface area (Å²) in [6, 6.07) is 1.84. The Morgan fingerprint density at radius 1 is 1.75 bits per heavy atom. The van der Waals surface area contributed by atoms with Gasteiger partial charge in [-0.15, -0.1) is 11.3 Å². The van der Waals surface area contributed by atoms with Crippen molar-refractivity contribution in [3.05, 3.63) is 20.8 Å². The topological polar surface area (TPSA) is 38.3 Å². The summed E-state index contributed by atoms with van der Waals surface area (Å²) in [6.45, 7) is 3.57. The number of halogens is 1. The van der Waals surface area contributed by atoms with Gasteiger partial charge in [0.25, 0.3) is 5.91 Å². The zero-order valence-corrected chi connectivity index (χ0v) is 11.4. The zero-order valence-electron chi connectivity index (χ0n) is 9.03. The molecule has 0 spiro atoms. The predicted molar refractivity (Wildman–Crippen MR) is 67.9 cm³/mol. The van der Waals surface area contributed by atoms with E-state index in [2.05, 4.69) is 28.2 Å². The van der Waals surface area contributed by atoms with Gasteiger partial charge >= 0.3 is 0 Å². The molecule has 88 valence electrons. The van der Waals surface area contributed by atoms with Crippen LogP contribution in [0.15, 0.2) is 15.2 Å². The van der Waals surface area contributed by atoms with Crippen molar-refractivity contribution < 1.29 is 9.53 Å². The van der Waals surface area contributed by atoms with E-state index in [1.807, 2.05) is 11.4 Å². The van der Waals surface area contributed by atoms with Crippen molar-refractivity contribution >= 4 is 33.2 Å². The average Bonchev–Trinajstić information content (AvgIpc) is 2.84. The fourth-order valence-electron chi connectivity index (χ4n) is 1.80. The van der Waals surface area contributed by atoms with Crippen LogP contribution in [0.2, 0.25) is 0 Å². The average molecular weight is 304 g/mol. The first kappa shape index (κ1) is 12.1. The lowest BCUT2D eigenvalue weighted by Crippen LogP contribution is -2.31. The van der Waals surface area contributed by atoms with E-state index in [0.717, 1.165) is 22.4 Å². The first-order chi connectivity index (χ1) is 7.66. The molecule has 0 radical (unpaired) electrons. The minimum atomic E-state index is 0.000972. The molecular weight excluding hydrogens is 290 g/mol. The van der Waals surface area contributed by atoms with Crippen LogP contribution >= 0.6 is 27.3 Å². The molecule has 1 aromatic heterocycles. The number of nitrogens with one attached hydrogen (secondary N) is 1. The lowest BCUT2D eigenvalue weighted by molar-refractivity contribution is 0.0907. The van der Waals surface area contributed by atoms with E-state index >= 15 is 0 Å². The van der Waals surface area contributed by atoms with Crippen molar-refractivity contribution in [2.45, 2.75) is 19.4 Å². The maximum atomic E-state index is 11.8. The van der Waals surface area contributed by atoms with Gasteiger partial charge in [0.15, 0.2) is 0 Å². The van der Waals surface area contributed by atoms with Crippen molar-refractivity contribution in [2.24, 2.45) is 5.92 Å². The van der Waals surface area contributed by atoms with Gasteiger partial charge in [-0.25, -0.2) is 0 Å². The van der Waals surface area contributed by atoms with Gasteiger partial charge in [0.1, 0.15) is 0 Å². The monoisotopic (exact) mass is 303 g/mol. The summed E-state index contributed by atoms with van der Waals surface area (Å²) in [5.41, 5.74) is 0.725. The summed E-state index contributed by atoms with van der Waals surface area (Å²) in [6.07, 6.45) is 1.30. The largest absolute Gasteiger partial charge is 0.378 e. The first-order valence-corrected chi connectivity index (χ1v) is 6.98. The van der Waals surface area contributed by atoms with Crippen LogP contribution in [0, 0.1) is 5.92 Å². The van der Waals surface area contributed by atoms with Gasteiger partial charge in [0.05, 0.1) is 15.5 Å². The van der Waals surface area contributed by atoms with Crippen LogP contribution < -0.4 is 5.32 Å². The third-order valence-electron chi connectivity index (χ3n) is 2.89. The highest BCUT2D eigenvalue weighted by atomic mass is 79.9. The SMILES string of the molecule is CC1OCCC1CNC(=O)c1csc(Br)c1. The van der Waals surface area contributed by atoms with Gasteiger partial charge in [-0.3, -0.25) is 4.79 Å². The summed E-state index contributed by atoms with van der Waals surface area (Å²) in [5, 5.41) is 4.81. The number of hydrogen-bond donors (Lipinski definition) is 1. The molecule has 16 heavy (non-hydrogen) atoms. The fourth-order valence-corrected chi connectivity index (χ4v) is 2.94. The third kappa shape index (κ3) is 2.84. The molecule has 1 N–H and O–H groups in total. The molecule has 2 unspecified atom stereocenters. The Morgan fingerprint density at radius 3 is 3.12 bits per heavy atom. The number of hydrogen-bond acceptors (Lipinski definition) is 3. The van der Waals surface area contributed by atoms with E-state index in [-0.39, 0.29) is 12.0 Å². The Bertz CT molecular complexity index is 380. The smallest absolute Gasteiger partial charge is 0.252 e. The lowest BCUT2D eigenvalue weighted by atomic mass is 10.0. The Labute approximate surface area is 107 Å². The molecule has 0 saturated carbocycles. The van der Waals surface area contributed by atoms with E-state index in [0.29, 0.717) is 12.5 Å². The van der Waals surface area contributed by atoms with Gasteiger partial charge in [-0.2, -0.15) is 0 Å². The quantitative estimate of drug-likeness (QED) is 0.932. The Kier molecular flexibility index (Phi) is 4.00. The first-order valence-electron chi connectivity index (χ1n) is 5.30. The number of carbonyl (C=O) groups excluding carboxylic acids is 1. The molecule has 1 fully saturated rings.